The summed E-state index contributed by atoms with van der Waals surface area (Å²) in [5, 5.41) is 3.11. The highest BCUT2D eigenvalue weighted by Crippen LogP contribution is 2.28. The lowest BCUT2D eigenvalue weighted by Gasteiger charge is -2.23. The van der Waals surface area contributed by atoms with E-state index in [1.807, 2.05) is 0 Å². The maximum Gasteiger partial charge on any atom is 0.433 e. The lowest BCUT2D eigenvalue weighted by Crippen LogP contribution is -2.37. The van der Waals surface area contributed by atoms with E-state index in [9.17, 15) is 13.2 Å². The summed E-state index contributed by atoms with van der Waals surface area (Å²) in [5.41, 5.74) is -0.980. The van der Waals surface area contributed by atoms with Crippen molar-refractivity contribution in [3.8, 4) is 5.88 Å². The SMILES string of the molecule is Cl.FC(F)(F)c1cc(OC2CCCNC2)ncn1. The molecule has 0 aliphatic carbocycles. The fraction of sp³-hybridized carbons (Fsp3) is 0.600. The van der Waals surface area contributed by atoms with Gasteiger partial charge in [0.1, 0.15) is 12.4 Å². The molecule has 0 aromatic carbocycles. The summed E-state index contributed by atoms with van der Waals surface area (Å²) in [5.74, 6) is -0.0268. The molecular weight excluding hydrogens is 271 g/mol. The number of nitrogens with zero attached hydrogens (tertiary/aromatic N) is 2. The van der Waals surface area contributed by atoms with Gasteiger partial charge in [0.15, 0.2) is 5.69 Å². The molecule has 1 fully saturated rings. The second-order valence-electron chi connectivity index (χ2n) is 3.83. The number of hydrogen-bond donors (Lipinski definition) is 1. The number of alkyl halides is 3. The normalized spacial score (nSPS) is 20.1. The zero-order valence-corrected chi connectivity index (χ0v) is 10.2. The van der Waals surface area contributed by atoms with E-state index in [0.717, 1.165) is 31.8 Å². The van der Waals surface area contributed by atoms with Crippen LogP contribution in [0.1, 0.15) is 18.5 Å². The van der Waals surface area contributed by atoms with E-state index >= 15 is 0 Å². The third-order valence-electron chi connectivity index (χ3n) is 2.47. The molecule has 1 unspecified atom stereocenters. The molecule has 102 valence electrons. The molecule has 1 aliphatic heterocycles. The number of aromatic nitrogens is 2. The van der Waals surface area contributed by atoms with E-state index in [1.54, 1.807) is 0 Å². The first-order valence-corrected chi connectivity index (χ1v) is 5.32. The van der Waals surface area contributed by atoms with Crippen LogP contribution >= 0.6 is 12.4 Å². The van der Waals surface area contributed by atoms with E-state index in [4.69, 9.17) is 4.74 Å². The number of ether oxygens (including phenoxy) is 1. The van der Waals surface area contributed by atoms with Crippen LogP contribution in [0.5, 0.6) is 5.88 Å². The third-order valence-corrected chi connectivity index (χ3v) is 2.47. The lowest BCUT2D eigenvalue weighted by atomic mass is 10.1. The highest BCUT2D eigenvalue weighted by molar-refractivity contribution is 5.85. The fourth-order valence-corrected chi connectivity index (χ4v) is 1.65. The standard InChI is InChI=1S/C10H12F3N3O.ClH/c11-10(12,13)8-4-9(16-6-15-8)17-7-2-1-3-14-5-7;/h4,6-7,14H,1-3,5H2;1H. The molecule has 2 heterocycles. The second-order valence-corrected chi connectivity index (χ2v) is 3.83. The third kappa shape index (κ3) is 3.99. The van der Waals surface area contributed by atoms with Gasteiger partial charge in [0, 0.05) is 12.6 Å². The van der Waals surface area contributed by atoms with Crippen molar-refractivity contribution in [2.75, 3.05) is 13.1 Å². The molecule has 1 atom stereocenters. The Bertz CT molecular complexity index is 383. The summed E-state index contributed by atoms with van der Waals surface area (Å²) in [6, 6.07) is 0.828. The van der Waals surface area contributed by atoms with Crippen LogP contribution in [0, 0.1) is 0 Å². The van der Waals surface area contributed by atoms with Gasteiger partial charge in [0.2, 0.25) is 5.88 Å². The van der Waals surface area contributed by atoms with E-state index in [-0.39, 0.29) is 24.4 Å². The molecule has 0 radical (unpaired) electrons. The first kappa shape index (κ1) is 15.0. The summed E-state index contributed by atoms with van der Waals surface area (Å²) in [6.45, 7) is 1.54. The fourth-order valence-electron chi connectivity index (χ4n) is 1.65. The van der Waals surface area contributed by atoms with Crippen molar-refractivity contribution >= 4 is 12.4 Å². The summed E-state index contributed by atoms with van der Waals surface area (Å²) in [6.07, 6.45) is -1.96. The van der Waals surface area contributed by atoms with Gasteiger partial charge < -0.3 is 10.1 Å². The number of rotatable bonds is 2. The Morgan fingerprint density at radius 2 is 2.11 bits per heavy atom. The number of piperidine rings is 1. The molecule has 1 aliphatic rings. The van der Waals surface area contributed by atoms with Crippen molar-refractivity contribution in [1.29, 1.82) is 0 Å². The Morgan fingerprint density at radius 1 is 1.33 bits per heavy atom. The monoisotopic (exact) mass is 283 g/mol. The van der Waals surface area contributed by atoms with Crippen molar-refractivity contribution in [3.05, 3.63) is 18.1 Å². The highest BCUT2D eigenvalue weighted by Gasteiger charge is 2.33. The van der Waals surface area contributed by atoms with Crippen LogP contribution in [0.15, 0.2) is 12.4 Å². The van der Waals surface area contributed by atoms with Gasteiger partial charge in [0.05, 0.1) is 0 Å². The minimum atomic E-state index is -4.47. The van der Waals surface area contributed by atoms with Crippen LogP contribution in [0.3, 0.4) is 0 Å². The first-order valence-electron chi connectivity index (χ1n) is 5.32. The topological polar surface area (TPSA) is 47.0 Å². The summed E-state index contributed by atoms with van der Waals surface area (Å²) < 4.78 is 42.5. The predicted octanol–water partition coefficient (Wildman–Crippen LogP) is 2.05. The molecule has 1 saturated heterocycles. The first-order chi connectivity index (χ1) is 8.05. The van der Waals surface area contributed by atoms with E-state index < -0.39 is 11.9 Å². The molecule has 4 nitrogen and oxygen atoms in total. The largest absolute Gasteiger partial charge is 0.473 e. The van der Waals surface area contributed by atoms with E-state index in [2.05, 4.69) is 15.3 Å². The minimum absolute atomic E-state index is 0. The average Bonchev–Trinajstić information content (AvgIpc) is 2.29. The molecule has 0 saturated carbocycles. The Balaban J connectivity index is 0.00000162. The molecular formula is C10H13ClF3N3O. The van der Waals surface area contributed by atoms with Gasteiger partial charge in [-0.25, -0.2) is 9.97 Å². The number of halogens is 4. The second kappa shape index (κ2) is 6.19. The van der Waals surface area contributed by atoms with E-state index in [0.29, 0.717) is 6.54 Å². The van der Waals surface area contributed by atoms with Crippen LogP contribution in [0.2, 0.25) is 0 Å². The predicted molar refractivity (Wildman–Crippen MR) is 60.8 cm³/mol. The Kier molecular flexibility index (Phi) is 5.15. The highest BCUT2D eigenvalue weighted by atomic mass is 35.5. The van der Waals surface area contributed by atoms with Crippen molar-refractivity contribution < 1.29 is 17.9 Å². The zero-order valence-electron chi connectivity index (χ0n) is 9.41. The molecule has 0 amide bonds. The lowest BCUT2D eigenvalue weighted by molar-refractivity contribution is -0.141. The molecule has 8 heteroatoms. The molecule has 1 N–H and O–H groups in total. The Morgan fingerprint density at radius 3 is 2.72 bits per heavy atom. The summed E-state index contributed by atoms with van der Waals surface area (Å²) >= 11 is 0. The number of hydrogen-bond acceptors (Lipinski definition) is 4. The van der Waals surface area contributed by atoms with Gasteiger partial charge in [-0.1, -0.05) is 0 Å². The molecule has 0 bridgehead atoms. The molecule has 1 aromatic heterocycles. The summed E-state index contributed by atoms with van der Waals surface area (Å²) in [7, 11) is 0. The maximum atomic E-state index is 12.4. The molecule has 2 rings (SSSR count). The molecule has 1 aromatic rings. The van der Waals surface area contributed by atoms with Crippen molar-refractivity contribution in [2.45, 2.75) is 25.1 Å². The Hall–Kier alpha value is -1.08. The zero-order chi connectivity index (χ0) is 12.3. The smallest absolute Gasteiger partial charge is 0.433 e. The quantitative estimate of drug-likeness (QED) is 0.902. The molecule has 0 spiro atoms. The van der Waals surface area contributed by atoms with Gasteiger partial charge in [-0.2, -0.15) is 13.2 Å². The minimum Gasteiger partial charge on any atom is -0.473 e. The van der Waals surface area contributed by atoms with E-state index in [1.165, 1.54) is 0 Å². The average molecular weight is 284 g/mol. The van der Waals surface area contributed by atoms with Gasteiger partial charge in [-0.15, -0.1) is 12.4 Å². The van der Waals surface area contributed by atoms with Crippen LogP contribution in [0.25, 0.3) is 0 Å². The van der Waals surface area contributed by atoms with Crippen LogP contribution in [-0.2, 0) is 6.18 Å². The Labute approximate surface area is 108 Å². The van der Waals surface area contributed by atoms with Crippen molar-refractivity contribution in [3.63, 3.8) is 0 Å². The van der Waals surface area contributed by atoms with Crippen LogP contribution < -0.4 is 10.1 Å². The van der Waals surface area contributed by atoms with Gasteiger partial charge >= 0.3 is 6.18 Å². The van der Waals surface area contributed by atoms with Gasteiger partial charge in [-0.3, -0.25) is 0 Å². The van der Waals surface area contributed by atoms with Crippen molar-refractivity contribution in [1.82, 2.24) is 15.3 Å². The van der Waals surface area contributed by atoms with Crippen molar-refractivity contribution in [2.24, 2.45) is 0 Å². The maximum absolute atomic E-state index is 12.4. The number of nitrogens with one attached hydrogen (secondary N) is 1. The summed E-state index contributed by atoms with van der Waals surface area (Å²) in [4.78, 5) is 6.86. The molecule has 18 heavy (non-hydrogen) atoms. The van der Waals surface area contributed by atoms with Crippen LogP contribution in [-0.4, -0.2) is 29.2 Å². The van der Waals surface area contributed by atoms with Gasteiger partial charge in [0.25, 0.3) is 0 Å². The van der Waals surface area contributed by atoms with Gasteiger partial charge in [-0.05, 0) is 19.4 Å². The van der Waals surface area contributed by atoms with Crippen LogP contribution in [0.4, 0.5) is 13.2 Å².